The summed E-state index contributed by atoms with van der Waals surface area (Å²) in [5.41, 5.74) is 3.00. The highest BCUT2D eigenvalue weighted by molar-refractivity contribution is 6.35. The van der Waals surface area contributed by atoms with Gasteiger partial charge in [-0.25, -0.2) is 0 Å². The van der Waals surface area contributed by atoms with E-state index in [-0.39, 0.29) is 11.9 Å². The minimum atomic E-state index is -0.0487. The zero-order valence-electron chi connectivity index (χ0n) is 16.5. The van der Waals surface area contributed by atoms with Crippen molar-refractivity contribution in [3.63, 3.8) is 0 Å². The summed E-state index contributed by atoms with van der Waals surface area (Å²) in [5.74, 6) is -0.0487. The number of likely N-dealkylation sites (tertiary alicyclic amines) is 1. The van der Waals surface area contributed by atoms with Gasteiger partial charge in [0.1, 0.15) is 0 Å². The molecule has 1 saturated heterocycles. The number of hydrogen-bond acceptors (Lipinski definition) is 4. The highest BCUT2D eigenvalue weighted by Gasteiger charge is 2.22. The number of benzene rings is 2. The monoisotopic (exact) mass is 408 g/mol. The molecule has 0 saturated carbocycles. The van der Waals surface area contributed by atoms with Crippen LogP contribution in [0.1, 0.15) is 30.1 Å². The molecule has 4 rings (SSSR count). The van der Waals surface area contributed by atoms with Gasteiger partial charge in [0.15, 0.2) is 0 Å². The van der Waals surface area contributed by atoms with E-state index in [0.717, 1.165) is 54.8 Å². The SMILES string of the molecule is CCN1CCCC(NC(=O)c2ccccc2Nc2ccnc3c(Cl)cccc23)C1. The first-order valence-electron chi connectivity index (χ1n) is 10.1. The molecule has 1 unspecified atom stereocenters. The van der Waals surface area contributed by atoms with E-state index in [1.165, 1.54) is 0 Å². The maximum absolute atomic E-state index is 13.0. The molecule has 1 aliphatic rings. The normalized spacial score (nSPS) is 17.2. The molecule has 1 aromatic heterocycles. The molecule has 1 fully saturated rings. The van der Waals surface area contributed by atoms with Crippen molar-refractivity contribution in [2.45, 2.75) is 25.8 Å². The summed E-state index contributed by atoms with van der Waals surface area (Å²) in [6, 6.07) is 15.4. The van der Waals surface area contributed by atoms with E-state index in [2.05, 4.69) is 27.4 Å². The zero-order chi connectivity index (χ0) is 20.2. The van der Waals surface area contributed by atoms with Crippen LogP contribution in [-0.2, 0) is 0 Å². The number of amides is 1. The van der Waals surface area contributed by atoms with E-state index in [4.69, 9.17) is 11.6 Å². The van der Waals surface area contributed by atoms with E-state index < -0.39 is 0 Å². The Bertz CT molecular complexity index is 1020. The van der Waals surface area contributed by atoms with E-state index in [1.54, 1.807) is 6.20 Å². The summed E-state index contributed by atoms with van der Waals surface area (Å²) in [6.45, 7) is 5.20. The molecular weight excluding hydrogens is 384 g/mol. The lowest BCUT2D eigenvalue weighted by Crippen LogP contribution is -2.47. The molecule has 2 N–H and O–H groups in total. The molecular formula is C23H25ClN4O. The number of nitrogens with zero attached hydrogens (tertiary/aromatic N) is 2. The fourth-order valence-electron chi connectivity index (χ4n) is 3.91. The van der Waals surface area contributed by atoms with Crippen LogP contribution in [0.3, 0.4) is 0 Å². The Morgan fingerprint density at radius 1 is 1.17 bits per heavy atom. The molecule has 6 heteroatoms. The van der Waals surface area contributed by atoms with Crippen LogP contribution in [0.15, 0.2) is 54.7 Å². The van der Waals surface area contributed by atoms with Gasteiger partial charge in [0, 0.05) is 29.9 Å². The van der Waals surface area contributed by atoms with E-state index >= 15 is 0 Å². The minimum absolute atomic E-state index is 0.0487. The number of aromatic nitrogens is 1. The van der Waals surface area contributed by atoms with Gasteiger partial charge in [-0.05, 0) is 50.2 Å². The van der Waals surface area contributed by atoms with E-state index in [9.17, 15) is 4.79 Å². The highest BCUT2D eigenvalue weighted by Crippen LogP contribution is 2.30. The van der Waals surface area contributed by atoms with Crippen molar-refractivity contribution in [1.82, 2.24) is 15.2 Å². The number of hydrogen-bond donors (Lipinski definition) is 2. The van der Waals surface area contributed by atoms with Gasteiger partial charge in [-0.15, -0.1) is 0 Å². The molecule has 2 aromatic carbocycles. The van der Waals surface area contributed by atoms with E-state index in [0.29, 0.717) is 10.6 Å². The highest BCUT2D eigenvalue weighted by atomic mass is 35.5. The van der Waals surface area contributed by atoms with Gasteiger partial charge in [0.25, 0.3) is 5.91 Å². The van der Waals surface area contributed by atoms with Crippen LogP contribution in [0.5, 0.6) is 0 Å². The largest absolute Gasteiger partial charge is 0.354 e. The third-order valence-corrected chi connectivity index (χ3v) is 5.76. The third kappa shape index (κ3) is 4.36. The van der Waals surface area contributed by atoms with Gasteiger partial charge in [-0.2, -0.15) is 0 Å². The number of carbonyl (C=O) groups is 1. The summed E-state index contributed by atoms with van der Waals surface area (Å²) in [6.07, 6.45) is 3.86. The van der Waals surface area contributed by atoms with Crippen LogP contribution in [-0.4, -0.2) is 41.5 Å². The molecule has 0 aliphatic carbocycles. The number of likely N-dealkylation sites (N-methyl/N-ethyl adjacent to an activating group) is 1. The average Bonchev–Trinajstić information content (AvgIpc) is 2.75. The molecule has 1 amide bonds. The molecule has 0 spiro atoms. The number of halogens is 1. The van der Waals surface area contributed by atoms with Gasteiger partial charge < -0.3 is 15.5 Å². The Morgan fingerprint density at radius 3 is 2.90 bits per heavy atom. The van der Waals surface area contributed by atoms with Crippen molar-refractivity contribution in [3.8, 4) is 0 Å². The number of piperidine rings is 1. The second-order valence-electron chi connectivity index (χ2n) is 7.37. The number of carbonyl (C=O) groups excluding carboxylic acids is 1. The van der Waals surface area contributed by atoms with Gasteiger partial charge in [-0.3, -0.25) is 9.78 Å². The molecule has 2 heterocycles. The second kappa shape index (κ2) is 8.80. The first-order valence-corrected chi connectivity index (χ1v) is 10.5. The molecule has 3 aromatic rings. The van der Waals surface area contributed by atoms with Gasteiger partial charge in [-0.1, -0.05) is 42.8 Å². The summed E-state index contributed by atoms with van der Waals surface area (Å²) in [7, 11) is 0. The molecule has 5 nitrogen and oxygen atoms in total. The third-order valence-electron chi connectivity index (χ3n) is 5.45. The quantitative estimate of drug-likeness (QED) is 0.633. The van der Waals surface area contributed by atoms with Gasteiger partial charge >= 0.3 is 0 Å². The van der Waals surface area contributed by atoms with Crippen LogP contribution in [0.25, 0.3) is 10.9 Å². The fraction of sp³-hybridized carbons (Fsp3) is 0.304. The van der Waals surface area contributed by atoms with Crippen molar-refractivity contribution in [2.24, 2.45) is 0 Å². The smallest absolute Gasteiger partial charge is 0.253 e. The Balaban J connectivity index is 1.58. The Kier molecular flexibility index (Phi) is 5.97. The van der Waals surface area contributed by atoms with Crippen LogP contribution in [0, 0.1) is 0 Å². The number of para-hydroxylation sites is 2. The molecule has 150 valence electrons. The number of pyridine rings is 1. The number of anilines is 2. The van der Waals surface area contributed by atoms with Crippen LogP contribution < -0.4 is 10.6 Å². The van der Waals surface area contributed by atoms with Crippen LogP contribution in [0.2, 0.25) is 5.02 Å². The maximum atomic E-state index is 13.0. The lowest BCUT2D eigenvalue weighted by Gasteiger charge is -2.32. The maximum Gasteiger partial charge on any atom is 0.253 e. The second-order valence-corrected chi connectivity index (χ2v) is 7.78. The Hall–Kier alpha value is -2.63. The molecule has 1 aliphatic heterocycles. The topological polar surface area (TPSA) is 57.3 Å². The number of rotatable bonds is 5. The predicted octanol–water partition coefficient (Wildman–Crippen LogP) is 4.85. The Morgan fingerprint density at radius 2 is 2.03 bits per heavy atom. The van der Waals surface area contributed by atoms with Crippen LogP contribution in [0.4, 0.5) is 11.4 Å². The molecule has 29 heavy (non-hydrogen) atoms. The van der Waals surface area contributed by atoms with Crippen molar-refractivity contribution in [1.29, 1.82) is 0 Å². The summed E-state index contributed by atoms with van der Waals surface area (Å²) >= 11 is 6.29. The Labute approximate surface area is 176 Å². The molecule has 1 atom stereocenters. The summed E-state index contributed by atoms with van der Waals surface area (Å²) in [5, 5.41) is 8.15. The minimum Gasteiger partial charge on any atom is -0.354 e. The van der Waals surface area contributed by atoms with Crippen molar-refractivity contribution < 1.29 is 4.79 Å². The molecule has 0 radical (unpaired) electrons. The lowest BCUT2D eigenvalue weighted by atomic mass is 10.0. The van der Waals surface area contributed by atoms with Gasteiger partial charge in [0.05, 0.1) is 21.8 Å². The average molecular weight is 409 g/mol. The van der Waals surface area contributed by atoms with Crippen LogP contribution >= 0.6 is 11.6 Å². The van der Waals surface area contributed by atoms with Crippen molar-refractivity contribution >= 4 is 39.8 Å². The molecule has 0 bridgehead atoms. The van der Waals surface area contributed by atoms with Crippen molar-refractivity contribution in [3.05, 3.63) is 65.3 Å². The van der Waals surface area contributed by atoms with Gasteiger partial charge in [0.2, 0.25) is 0 Å². The fourth-order valence-corrected chi connectivity index (χ4v) is 4.13. The first-order chi connectivity index (χ1) is 14.2. The standard InChI is InChI=1S/C23H25ClN4O/c1-2-28-14-6-7-16(15-28)26-23(29)18-8-3-4-11-20(18)27-21-12-13-25-22-17(21)9-5-10-19(22)24/h3-5,8-13,16H,2,6-7,14-15H2,1H3,(H,25,27)(H,26,29). The predicted molar refractivity (Wildman–Crippen MR) is 119 cm³/mol. The summed E-state index contributed by atoms with van der Waals surface area (Å²) in [4.78, 5) is 19.8. The number of nitrogens with one attached hydrogen (secondary N) is 2. The zero-order valence-corrected chi connectivity index (χ0v) is 17.2. The lowest BCUT2D eigenvalue weighted by molar-refractivity contribution is 0.0906. The summed E-state index contributed by atoms with van der Waals surface area (Å²) < 4.78 is 0. The number of fused-ring (bicyclic) bond motifs is 1. The van der Waals surface area contributed by atoms with E-state index in [1.807, 2.05) is 48.5 Å². The van der Waals surface area contributed by atoms with Crippen molar-refractivity contribution in [2.75, 3.05) is 25.0 Å². The first kappa shape index (κ1) is 19.7.